The number of nitrogens with zero attached hydrogens (tertiary/aromatic N) is 4. The molecule has 0 unspecified atom stereocenters. The molecular weight excluding hydrogens is 326 g/mol. The maximum absolute atomic E-state index is 5.66. The fraction of sp³-hybridized carbons (Fsp3) is 0.100. The van der Waals surface area contributed by atoms with E-state index < -0.39 is 0 Å². The lowest BCUT2D eigenvalue weighted by Crippen LogP contribution is -1.97. The van der Waals surface area contributed by atoms with Gasteiger partial charge in [0.15, 0.2) is 0 Å². The van der Waals surface area contributed by atoms with Crippen molar-refractivity contribution in [2.24, 2.45) is 0 Å². The van der Waals surface area contributed by atoms with Crippen molar-refractivity contribution in [3.63, 3.8) is 0 Å². The number of anilines is 2. The maximum Gasteiger partial charge on any atom is 0.238 e. The predicted octanol–water partition coefficient (Wildman–Crippen LogP) is 4.57. The van der Waals surface area contributed by atoms with Crippen LogP contribution in [0.5, 0.6) is 11.6 Å². The number of aromatic nitrogens is 4. The molecule has 0 saturated heterocycles. The van der Waals surface area contributed by atoms with Crippen LogP contribution in [0.15, 0.2) is 61.1 Å². The van der Waals surface area contributed by atoms with Crippen LogP contribution in [0.1, 0.15) is 11.1 Å². The Kier molecular flexibility index (Phi) is 4.15. The van der Waals surface area contributed by atoms with Crippen LogP contribution in [0.4, 0.5) is 11.5 Å². The number of benzene rings is 2. The number of aryl methyl sites for hydroxylation is 2. The molecule has 0 radical (unpaired) electrons. The van der Waals surface area contributed by atoms with Crippen molar-refractivity contribution < 1.29 is 4.74 Å². The largest absolute Gasteiger partial charge is 0.438 e. The number of rotatable bonds is 4. The number of fused-ring (bicyclic) bond motifs is 1. The zero-order valence-corrected chi connectivity index (χ0v) is 14.5. The summed E-state index contributed by atoms with van der Waals surface area (Å²) in [5, 5.41) is 12.0. The van der Waals surface area contributed by atoms with Crippen LogP contribution in [0.3, 0.4) is 0 Å². The zero-order chi connectivity index (χ0) is 17.9. The van der Waals surface area contributed by atoms with Crippen LogP contribution < -0.4 is 10.1 Å². The second-order valence-corrected chi connectivity index (χ2v) is 5.99. The van der Waals surface area contributed by atoms with E-state index in [0.717, 1.165) is 22.4 Å². The van der Waals surface area contributed by atoms with Crippen molar-refractivity contribution >= 4 is 22.4 Å². The monoisotopic (exact) mass is 343 g/mol. The number of ether oxygens (including phenoxy) is 1. The Balaban J connectivity index is 1.58. The van der Waals surface area contributed by atoms with E-state index in [1.807, 2.05) is 24.3 Å². The highest BCUT2D eigenvalue weighted by atomic mass is 16.5. The van der Waals surface area contributed by atoms with Gasteiger partial charge in [-0.25, -0.2) is 9.97 Å². The van der Waals surface area contributed by atoms with Gasteiger partial charge in [0.05, 0.1) is 5.52 Å². The Bertz CT molecular complexity index is 1050. The maximum atomic E-state index is 5.66. The molecule has 4 rings (SSSR count). The fourth-order valence-corrected chi connectivity index (χ4v) is 2.62. The average Bonchev–Trinajstić information content (AvgIpc) is 2.66. The molecule has 2 aromatic carbocycles. The smallest absolute Gasteiger partial charge is 0.238 e. The SMILES string of the molecule is Cc1cc2ncnc(Nc3ccc(Oc4cccnn4)cc3)c2cc1C. The molecule has 0 saturated carbocycles. The van der Waals surface area contributed by atoms with Crippen LogP contribution >= 0.6 is 0 Å². The minimum Gasteiger partial charge on any atom is -0.438 e. The van der Waals surface area contributed by atoms with Crippen molar-refractivity contribution in [3.05, 3.63) is 72.2 Å². The number of hydrogen-bond acceptors (Lipinski definition) is 6. The van der Waals surface area contributed by atoms with E-state index in [0.29, 0.717) is 11.6 Å². The topological polar surface area (TPSA) is 72.8 Å². The summed E-state index contributed by atoms with van der Waals surface area (Å²) in [6.45, 7) is 4.17. The minimum atomic E-state index is 0.459. The standard InChI is InChI=1S/C20H17N5O/c1-13-10-17-18(11-14(13)2)21-12-22-20(17)24-15-5-7-16(8-6-15)26-19-4-3-9-23-25-19/h3-12H,1-2H3,(H,21,22,24). The lowest BCUT2D eigenvalue weighted by Gasteiger charge is -2.11. The fourth-order valence-electron chi connectivity index (χ4n) is 2.62. The third-order valence-electron chi connectivity index (χ3n) is 4.14. The summed E-state index contributed by atoms with van der Waals surface area (Å²) in [5.74, 6) is 1.93. The zero-order valence-electron chi connectivity index (χ0n) is 14.5. The first kappa shape index (κ1) is 16.0. The average molecular weight is 343 g/mol. The highest BCUT2D eigenvalue weighted by Crippen LogP contribution is 2.27. The molecule has 2 aromatic heterocycles. The summed E-state index contributed by atoms with van der Waals surface area (Å²) in [7, 11) is 0. The number of nitrogens with one attached hydrogen (secondary N) is 1. The Morgan fingerprint density at radius 1 is 0.923 bits per heavy atom. The first-order valence-electron chi connectivity index (χ1n) is 8.24. The van der Waals surface area contributed by atoms with Crippen molar-refractivity contribution in [3.8, 4) is 11.6 Å². The molecule has 4 aromatic rings. The summed E-state index contributed by atoms with van der Waals surface area (Å²) in [6.07, 6.45) is 3.18. The van der Waals surface area contributed by atoms with E-state index in [2.05, 4.69) is 51.5 Å². The molecule has 6 nitrogen and oxygen atoms in total. The molecule has 128 valence electrons. The van der Waals surface area contributed by atoms with E-state index in [1.54, 1.807) is 24.7 Å². The predicted molar refractivity (Wildman–Crippen MR) is 101 cm³/mol. The minimum absolute atomic E-state index is 0.459. The van der Waals surface area contributed by atoms with Crippen molar-refractivity contribution in [1.82, 2.24) is 20.2 Å². The van der Waals surface area contributed by atoms with Gasteiger partial charge in [0.2, 0.25) is 5.88 Å². The molecule has 0 atom stereocenters. The van der Waals surface area contributed by atoms with Gasteiger partial charge in [-0.2, -0.15) is 5.10 Å². The van der Waals surface area contributed by atoms with Gasteiger partial charge in [-0.05, 0) is 67.4 Å². The van der Waals surface area contributed by atoms with Crippen molar-refractivity contribution in [1.29, 1.82) is 0 Å². The molecule has 2 heterocycles. The lowest BCUT2D eigenvalue weighted by molar-refractivity contribution is 0.455. The lowest BCUT2D eigenvalue weighted by atomic mass is 10.1. The summed E-state index contributed by atoms with van der Waals surface area (Å²) in [5.41, 5.74) is 4.26. The molecule has 0 aliphatic heterocycles. The van der Waals surface area contributed by atoms with Crippen LogP contribution in [0.25, 0.3) is 10.9 Å². The molecule has 6 heteroatoms. The van der Waals surface area contributed by atoms with Gasteiger partial charge < -0.3 is 10.1 Å². The Hall–Kier alpha value is -3.54. The van der Waals surface area contributed by atoms with Gasteiger partial charge in [0.1, 0.15) is 17.9 Å². The highest BCUT2D eigenvalue weighted by Gasteiger charge is 2.07. The quantitative estimate of drug-likeness (QED) is 0.585. The molecular formula is C20H17N5O. The van der Waals surface area contributed by atoms with Crippen LogP contribution in [-0.4, -0.2) is 20.2 Å². The van der Waals surface area contributed by atoms with Gasteiger partial charge in [-0.1, -0.05) is 0 Å². The van der Waals surface area contributed by atoms with Gasteiger partial charge in [-0.3, -0.25) is 0 Å². The normalized spacial score (nSPS) is 10.7. The van der Waals surface area contributed by atoms with E-state index in [9.17, 15) is 0 Å². The summed E-state index contributed by atoms with van der Waals surface area (Å²) in [4.78, 5) is 8.75. The Labute approximate surface area is 150 Å². The molecule has 26 heavy (non-hydrogen) atoms. The summed E-state index contributed by atoms with van der Waals surface area (Å²) >= 11 is 0. The first-order valence-corrected chi connectivity index (χ1v) is 8.24. The van der Waals surface area contributed by atoms with Gasteiger partial charge in [0.25, 0.3) is 0 Å². The molecule has 1 N–H and O–H groups in total. The first-order chi connectivity index (χ1) is 12.7. The molecule has 0 bridgehead atoms. The van der Waals surface area contributed by atoms with Crippen LogP contribution in [0.2, 0.25) is 0 Å². The van der Waals surface area contributed by atoms with Gasteiger partial charge in [0, 0.05) is 23.3 Å². The van der Waals surface area contributed by atoms with Crippen LogP contribution in [0, 0.1) is 13.8 Å². The molecule has 0 fully saturated rings. The third-order valence-corrected chi connectivity index (χ3v) is 4.14. The van der Waals surface area contributed by atoms with E-state index in [4.69, 9.17) is 4.74 Å². The molecule has 0 amide bonds. The summed E-state index contributed by atoms with van der Waals surface area (Å²) in [6, 6.07) is 15.3. The van der Waals surface area contributed by atoms with E-state index in [1.165, 1.54) is 11.1 Å². The van der Waals surface area contributed by atoms with Crippen LogP contribution in [-0.2, 0) is 0 Å². The summed E-state index contributed by atoms with van der Waals surface area (Å²) < 4.78 is 5.66. The van der Waals surface area contributed by atoms with Gasteiger partial charge in [-0.15, -0.1) is 5.10 Å². The Morgan fingerprint density at radius 3 is 2.50 bits per heavy atom. The third kappa shape index (κ3) is 3.30. The van der Waals surface area contributed by atoms with E-state index >= 15 is 0 Å². The van der Waals surface area contributed by atoms with Crippen molar-refractivity contribution in [2.45, 2.75) is 13.8 Å². The molecule has 0 spiro atoms. The highest BCUT2D eigenvalue weighted by molar-refractivity contribution is 5.91. The Morgan fingerprint density at radius 2 is 1.73 bits per heavy atom. The molecule has 0 aliphatic rings. The molecule has 0 aliphatic carbocycles. The number of hydrogen-bond donors (Lipinski definition) is 1. The van der Waals surface area contributed by atoms with E-state index in [-0.39, 0.29) is 0 Å². The second-order valence-electron chi connectivity index (χ2n) is 5.99. The second kappa shape index (κ2) is 6.76. The van der Waals surface area contributed by atoms with Gasteiger partial charge >= 0.3 is 0 Å². The van der Waals surface area contributed by atoms with Crippen molar-refractivity contribution in [2.75, 3.05) is 5.32 Å².